The van der Waals surface area contributed by atoms with Crippen LogP contribution in [0.4, 0.5) is 0 Å². The van der Waals surface area contributed by atoms with E-state index < -0.39 is 0 Å². The summed E-state index contributed by atoms with van der Waals surface area (Å²) >= 11 is 1.85. The highest BCUT2D eigenvalue weighted by Crippen LogP contribution is 2.21. The molecule has 0 radical (unpaired) electrons. The third-order valence-electron chi connectivity index (χ3n) is 3.51. The minimum Gasteiger partial charge on any atom is -0.379 e. The lowest BCUT2D eigenvalue weighted by Crippen LogP contribution is -2.39. The molecule has 2 atom stereocenters. The second-order valence-corrected chi connectivity index (χ2v) is 6.16. The standard InChI is InChI=1S/C15H20N2OS/c1-2-5-12(6-3-1)9-14-11-19-15(17-14)16-13-7-4-8-18-10-13/h1-3,5-6,13-14H,4,7-11H2,(H,16,17). The van der Waals surface area contributed by atoms with Crippen molar-refractivity contribution < 1.29 is 4.74 Å². The van der Waals surface area contributed by atoms with Crippen molar-refractivity contribution in [1.29, 1.82) is 0 Å². The first-order valence-electron chi connectivity index (χ1n) is 6.99. The van der Waals surface area contributed by atoms with Crippen LogP contribution in [-0.2, 0) is 11.2 Å². The number of hydrogen-bond donors (Lipinski definition) is 1. The summed E-state index contributed by atoms with van der Waals surface area (Å²) in [5.74, 6) is 1.09. The van der Waals surface area contributed by atoms with Crippen LogP contribution in [0.15, 0.2) is 35.3 Å². The zero-order valence-electron chi connectivity index (χ0n) is 11.0. The van der Waals surface area contributed by atoms with Gasteiger partial charge in [0.25, 0.3) is 0 Å². The molecule has 3 nitrogen and oxygen atoms in total. The number of rotatable bonds is 3. The van der Waals surface area contributed by atoms with E-state index in [1.807, 2.05) is 11.8 Å². The molecule has 0 spiro atoms. The highest BCUT2D eigenvalue weighted by atomic mass is 32.2. The summed E-state index contributed by atoms with van der Waals surface area (Å²) < 4.78 is 5.49. The van der Waals surface area contributed by atoms with Gasteiger partial charge in [0.05, 0.1) is 18.7 Å². The van der Waals surface area contributed by atoms with Gasteiger partial charge in [0.2, 0.25) is 0 Å². The minimum absolute atomic E-state index is 0.416. The van der Waals surface area contributed by atoms with Gasteiger partial charge < -0.3 is 10.1 Å². The Morgan fingerprint density at radius 3 is 3.00 bits per heavy atom. The van der Waals surface area contributed by atoms with Crippen LogP contribution < -0.4 is 5.32 Å². The Labute approximate surface area is 118 Å². The first-order chi connectivity index (χ1) is 9.40. The fourth-order valence-electron chi connectivity index (χ4n) is 2.51. The first-order valence-corrected chi connectivity index (χ1v) is 7.97. The molecule has 0 amide bonds. The maximum absolute atomic E-state index is 5.49. The Bertz CT molecular complexity index is 429. The van der Waals surface area contributed by atoms with E-state index in [0.29, 0.717) is 12.1 Å². The van der Waals surface area contributed by atoms with Gasteiger partial charge in [0, 0.05) is 12.4 Å². The lowest BCUT2D eigenvalue weighted by molar-refractivity contribution is 0.0767. The van der Waals surface area contributed by atoms with E-state index in [1.54, 1.807) is 0 Å². The Morgan fingerprint density at radius 1 is 1.32 bits per heavy atom. The topological polar surface area (TPSA) is 33.6 Å². The predicted molar refractivity (Wildman–Crippen MR) is 80.8 cm³/mol. The molecule has 1 aromatic rings. The predicted octanol–water partition coefficient (Wildman–Crippen LogP) is 2.47. The second kappa shape index (κ2) is 6.44. The summed E-state index contributed by atoms with van der Waals surface area (Å²) in [7, 11) is 0. The van der Waals surface area contributed by atoms with Crippen molar-refractivity contribution in [2.24, 2.45) is 4.99 Å². The van der Waals surface area contributed by atoms with Gasteiger partial charge in [-0.2, -0.15) is 0 Å². The van der Waals surface area contributed by atoms with E-state index >= 15 is 0 Å². The van der Waals surface area contributed by atoms with E-state index in [0.717, 1.165) is 37.0 Å². The molecule has 0 aliphatic carbocycles. The van der Waals surface area contributed by atoms with E-state index in [9.17, 15) is 0 Å². The molecule has 2 unspecified atom stereocenters. The molecule has 102 valence electrons. The molecule has 1 aromatic carbocycles. The van der Waals surface area contributed by atoms with Crippen LogP contribution in [0.5, 0.6) is 0 Å². The number of thioether (sulfide) groups is 1. The monoisotopic (exact) mass is 276 g/mol. The van der Waals surface area contributed by atoms with Gasteiger partial charge in [-0.1, -0.05) is 42.1 Å². The molecule has 1 N–H and O–H groups in total. The maximum Gasteiger partial charge on any atom is 0.157 e. The average Bonchev–Trinajstić information content (AvgIpc) is 2.88. The van der Waals surface area contributed by atoms with E-state index in [2.05, 4.69) is 35.6 Å². The molecule has 0 aromatic heterocycles. The third-order valence-corrected chi connectivity index (χ3v) is 4.56. The molecule has 0 saturated carbocycles. The molecular formula is C15H20N2OS. The summed E-state index contributed by atoms with van der Waals surface area (Å²) in [6, 6.07) is 11.5. The SMILES string of the molecule is c1ccc(CC2CSC(NC3CCCOC3)=N2)cc1. The lowest BCUT2D eigenvalue weighted by Gasteiger charge is -2.23. The molecule has 1 fully saturated rings. The highest BCUT2D eigenvalue weighted by molar-refractivity contribution is 8.14. The summed E-state index contributed by atoms with van der Waals surface area (Å²) in [5, 5.41) is 4.63. The van der Waals surface area contributed by atoms with Crippen LogP contribution in [0.3, 0.4) is 0 Å². The fourth-order valence-corrected chi connectivity index (χ4v) is 3.53. The molecule has 4 heteroatoms. The van der Waals surface area contributed by atoms with E-state index in [4.69, 9.17) is 9.73 Å². The zero-order valence-corrected chi connectivity index (χ0v) is 11.9. The summed E-state index contributed by atoms with van der Waals surface area (Å²) in [6.07, 6.45) is 3.40. The number of hydrogen-bond acceptors (Lipinski definition) is 4. The van der Waals surface area contributed by atoms with Gasteiger partial charge in [0.1, 0.15) is 0 Å². The van der Waals surface area contributed by atoms with Crippen LogP contribution in [0, 0.1) is 0 Å². The van der Waals surface area contributed by atoms with Crippen molar-refractivity contribution in [3.63, 3.8) is 0 Å². The molecule has 2 heterocycles. The highest BCUT2D eigenvalue weighted by Gasteiger charge is 2.22. The molecule has 3 rings (SSSR count). The van der Waals surface area contributed by atoms with Crippen LogP contribution in [0.2, 0.25) is 0 Å². The molecule has 19 heavy (non-hydrogen) atoms. The van der Waals surface area contributed by atoms with E-state index in [1.165, 1.54) is 12.0 Å². The van der Waals surface area contributed by atoms with Crippen LogP contribution in [-0.4, -0.2) is 36.2 Å². The van der Waals surface area contributed by atoms with Crippen LogP contribution in [0.25, 0.3) is 0 Å². The molecule has 2 aliphatic heterocycles. The number of nitrogens with one attached hydrogen (secondary N) is 1. The van der Waals surface area contributed by atoms with Gasteiger partial charge in [-0.15, -0.1) is 0 Å². The van der Waals surface area contributed by atoms with Crippen molar-refractivity contribution in [2.45, 2.75) is 31.3 Å². The third kappa shape index (κ3) is 3.74. The quantitative estimate of drug-likeness (QED) is 0.921. The van der Waals surface area contributed by atoms with Crippen molar-refractivity contribution in [2.75, 3.05) is 19.0 Å². The Hall–Kier alpha value is -1.00. The smallest absolute Gasteiger partial charge is 0.157 e. The van der Waals surface area contributed by atoms with Crippen LogP contribution >= 0.6 is 11.8 Å². The Kier molecular flexibility index (Phi) is 4.41. The van der Waals surface area contributed by atoms with Gasteiger partial charge in [0.15, 0.2) is 5.17 Å². The summed E-state index contributed by atoms with van der Waals surface area (Å²) in [4.78, 5) is 4.79. The fraction of sp³-hybridized carbons (Fsp3) is 0.533. The number of nitrogens with zero attached hydrogens (tertiary/aromatic N) is 1. The van der Waals surface area contributed by atoms with Crippen molar-refractivity contribution in [3.8, 4) is 0 Å². The lowest BCUT2D eigenvalue weighted by atomic mass is 10.1. The van der Waals surface area contributed by atoms with Crippen molar-refractivity contribution in [3.05, 3.63) is 35.9 Å². The summed E-state index contributed by atoms with van der Waals surface area (Å²) in [6.45, 7) is 1.73. The van der Waals surface area contributed by atoms with Crippen molar-refractivity contribution >= 4 is 16.9 Å². The Morgan fingerprint density at radius 2 is 2.21 bits per heavy atom. The number of benzene rings is 1. The maximum atomic E-state index is 5.49. The van der Waals surface area contributed by atoms with Gasteiger partial charge in [-0.05, 0) is 24.8 Å². The van der Waals surface area contributed by atoms with Gasteiger partial charge in [-0.25, -0.2) is 0 Å². The largest absolute Gasteiger partial charge is 0.379 e. The average molecular weight is 276 g/mol. The van der Waals surface area contributed by atoms with E-state index in [-0.39, 0.29) is 0 Å². The van der Waals surface area contributed by atoms with Gasteiger partial charge in [-0.3, -0.25) is 4.99 Å². The van der Waals surface area contributed by atoms with Crippen molar-refractivity contribution in [1.82, 2.24) is 5.32 Å². The second-order valence-electron chi connectivity index (χ2n) is 5.15. The Balaban J connectivity index is 1.52. The molecule has 1 saturated heterocycles. The zero-order chi connectivity index (χ0) is 12.9. The molecular weight excluding hydrogens is 256 g/mol. The molecule has 0 bridgehead atoms. The molecule has 2 aliphatic rings. The first kappa shape index (κ1) is 13.0. The number of amidine groups is 1. The summed E-state index contributed by atoms with van der Waals surface area (Å²) in [5.41, 5.74) is 1.37. The van der Waals surface area contributed by atoms with Crippen LogP contribution in [0.1, 0.15) is 18.4 Å². The minimum atomic E-state index is 0.416. The number of aliphatic imine (C=N–C) groups is 1. The normalized spacial score (nSPS) is 27.1. The number of ether oxygens (including phenoxy) is 1. The van der Waals surface area contributed by atoms with Gasteiger partial charge >= 0.3 is 0 Å².